The molecule has 0 aromatic heterocycles. The van der Waals surface area contributed by atoms with Crippen molar-refractivity contribution in [2.45, 2.75) is 52.2 Å². The molecule has 0 atom stereocenters. The van der Waals surface area contributed by atoms with E-state index in [-0.39, 0.29) is 10.9 Å². The molecule has 1 aromatic carbocycles. The molecule has 0 spiro atoms. The third-order valence-corrected chi connectivity index (χ3v) is 10.2. The molecule has 1 aliphatic heterocycles. The minimum absolute atomic E-state index is 0.0308. The molecular weight excluding hydrogens is 292 g/mol. The van der Waals surface area contributed by atoms with Gasteiger partial charge in [-0.15, -0.1) is 0 Å². The number of hydrogen-bond acceptors (Lipinski definition) is 3. The van der Waals surface area contributed by atoms with E-state index >= 15 is 0 Å². The Morgan fingerprint density at radius 2 is 1.91 bits per heavy atom. The van der Waals surface area contributed by atoms with Crippen molar-refractivity contribution < 1.29 is 9.63 Å². The van der Waals surface area contributed by atoms with Crippen molar-refractivity contribution >= 4 is 25.5 Å². The number of hydrogen-bond donors (Lipinski definition) is 0. The zero-order valence-corrected chi connectivity index (χ0v) is 15.7. The molecule has 1 aliphatic rings. The summed E-state index contributed by atoms with van der Waals surface area (Å²) in [5, 5.41) is 4.08. The monoisotopic (exact) mass is 318 g/mol. The Labute approximate surface area is 134 Å². The van der Waals surface area contributed by atoms with Gasteiger partial charge in [-0.25, -0.2) is 0 Å². The maximum atomic E-state index is 13.0. The number of oxime groups is 1. The van der Waals surface area contributed by atoms with Crippen LogP contribution in [0.2, 0.25) is 18.1 Å². The summed E-state index contributed by atoms with van der Waals surface area (Å²) >= 11 is 0. The van der Waals surface area contributed by atoms with Gasteiger partial charge >= 0.3 is 0 Å². The third-order valence-electron chi connectivity index (χ3n) is 4.95. The van der Waals surface area contributed by atoms with E-state index in [2.05, 4.69) is 64.1 Å². The van der Waals surface area contributed by atoms with E-state index in [4.69, 9.17) is 4.84 Å². The molecule has 1 aromatic rings. The highest BCUT2D eigenvalue weighted by Crippen LogP contribution is 2.44. The minimum Gasteiger partial charge on any atom is -0.398 e. The highest BCUT2D eigenvalue weighted by molar-refractivity contribution is 6.90. The summed E-state index contributed by atoms with van der Waals surface area (Å²) in [6.07, 6.45) is 0.932. The Hall–Kier alpha value is -1.62. The summed E-state index contributed by atoms with van der Waals surface area (Å²) < 4.78 is 2.00. The van der Waals surface area contributed by atoms with E-state index in [0.717, 1.165) is 17.7 Å². The minimum atomic E-state index is -2.04. The van der Waals surface area contributed by atoms with E-state index in [9.17, 15) is 4.79 Å². The van der Waals surface area contributed by atoms with Crippen molar-refractivity contribution in [1.29, 1.82) is 0 Å². The van der Waals surface area contributed by atoms with Gasteiger partial charge in [-0.1, -0.05) is 52.0 Å². The average molecular weight is 318 g/mol. The first kappa shape index (κ1) is 16.7. The first-order valence-corrected chi connectivity index (χ1v) is 10.7. The lowest BCUT2D eigenvalue weighted by atomic mass is 10.1. The van der Waals surface area contributed by atoms with Crippen LogP contribution in [-0.4, -0.2) is 27.0 Å². The number of carbonyl (C=O) groups is 1. The van der Waals surface area contributed by atoms with E-state index in [1.54, 1.807) is 0 Å². The molecule has 0 N–H and O–H groups in total. The van der Waals surface area contributed by atoms with Crippen LogP contribution in [0.25, 0.3) is 0 Å². The van der Waals surface area contributed by atoms with Crippen LogP contribution in [0.1, 0.15) is 38.8 Å². The van der Waals surface area contributed by atoms with Crippen LogP contribution in [0.3, 0.4) is 0 Å². The number of rotatable bonds is 3. The fraction of sp³-hybridized carbons (Fsp3) is 0.529. The first-order chi connectivity index (χ1) is 10.1. The number of anilines is 1. The van der Waals surface area contributed by atoms with Crippen LogP contribution in [0.5, 0.6) is 0 Å². The predicted molar refractivity (Wildman–Crippen MR) is 94.0 cm³/mol. The topological polar surface area (TPSA) is 41.9 Å². The van der Waals surface area contributed by atoms with E-state index in [1.807, 2.05) is 4.57 Å². The number of amides is 1. The van der Waals surface area contributed by atoms with Crippen LogP contribution in [0.15, 0.2) is 23.4 Å². The van der Waals surface area contributed by atoms with Crippen molar-refractivity contribution in [1.82, 2.24) is 0 Å². The fourth-order valence-electron chi connectivity index (χ4n) is 2.59. The normalized spacial score (nSPS) is 17.1. The van der Waals surface area contributed by atoms with Gasteiger partial charge in [0.05, 0.1) is 0 Å². The maximum Gasteiger partial charge on any atom is 0.273 e. The number of carbonyl (C=O) groups excluding carboxylic acids is 1. The van der Waals surface area contributed by atoms with Crippen LogP contribution in [-0.2, 0) is 16.1 Å². The zero-order valence-electron chi connectivity index (χ0n) is 14.7. The highest BCUT2D eigenvalue weighted by atomic mass is 28.3. The lowest BCUT2D eigenvalue weighted by molar-refractivity contribution is -0.111. The van der Waals surface area contributed by atoms with Crippen molar-refractivity contribution in [2.24, 2.45) is 5.16 Å². The Morgan fingerprint density at radius 1 is 1.27 bits per heavy atom. The predicted octanol–water partition coefficient (Wildman–Crippen LogP) is 3.95. The molecule has 1 amide bonds. The molecule has 2 rings (SSSR count). The molecule has 4 nitrogen and oxygen atoms in total. The summed E-state index contributed by atoms with van der Waals surface area (Å²) in [5.74, 6) is -0.0308. The number of aryl methyl sites for hydroxylation is 1. The second-order valence-corrected chi connectivity index (χ2v) is 12.3. The smallest absolute Gasteiger partial charge is 0.273 e. The summed E-state index contributed by atoms with van der Waals surface area (Å²) in [5.41, 5.74) is 3.51. The van der Waals surface area contributed by atoms with Crippen molar-refractivity contribution in [2.75, 3.05) is 11.7 Å². The molecule has 22 heavy (non-hydrogen) atoms. The SMILES string of the molecule is CCc1ccc2c(c1)/C(=N\OC)C(=O)N2[Si](C)(C)C(C)(C)C. The number of benzene rings is 1. The molecule has 0 saturated heterocycles. The highest BCUT2D eigenvalue weighted by Gasteiger charge is 2.49. The van der Waals surface area contributed by atoms with Crippen LogP contribution < -0.4 is 4.57 Å². The summed E-state index contributed by atoms with van der Waals surface area (Å²) in [6, 6.07) is 6.23. The largest absolute Gasteiger partial charge is 0.398 e. The molecule has 5 heteroatoms. The quantitative estimate of drug-likeness (QED) is 0.625. The molecule has 120 valence electrons. The van der Waals surface area contributed by atoms with E-state index in [0.29, 0.717) is 5.71 Å². The van der Waals surface area contributed by atoms with Gasteiger partial charge in [0.15, 0.2) is 13.9 Å². The molecule has 0 unspecified atom stereocenters. The summed E-state index contributed by atoms with van der Waals surface area (Å²) in [4.78, 5) is 17.9. The fourth-order valence-corrected chi connectivity index (χ4v) is 4.67. The summed E-state index contributed by atoms with van der Waals surface area (Å²) in [6.45, 7) is 13.2. The van der Waals surface area contributed by atoms with Gasteiger partial charge in [0.1, 0.15) is 7.11 Å². The molecule has 1 heterocycles. The van der Waals surface area contributed by atoms with Gasteiger partial charge in [0.25, 0.3) is 5.91 Å². The van der Waals surface area contributed by atoms with Gasteiger partial charge in [-0.3, -0.25) is 4.79 Å². The lowest BCUT2D eigenvalue weighted by Gasteiger charge is -2.43. The molecule has 0 saturated carbocycles. The van der Waals surface area contributed by atoms with Gasteiger partial charge in [0.2, 0.25) is 0 Å². The van der Waals surface area contributed by atoms with Crippen molar-refractivity contribution in [3.8, 4) is 0 Å². The standard InChI is InChI=1S/C17H26N2O2Si/c1-8-12-9-10-14-13(11-12)15(18-21-5)16(20)19(14)22(6,7)17(2,3)4/h9-11H,8H2,1-7H3/b18-15+. The van der Waals surface area contributed by atoms with Gasteiger partial charge in [0, 0.05) is 11.3 Å². The van der Waals surface area contributed by atoms with Gasteiger partial charge in [-0.05, 0) is 29.2 Å². The Balaban J connectivity index is 2.66. The average Bonchev–Trinajstić information content (AvgIpc) is 2.70. The molecule has 0 fully saturated rings. The first-order valence-electron chi connectivity index (χ1n) is 7.74. The second-order valence-electron chi connectivity index (χ2n) is 7.28. The van der Waals surface area contributed by atoms with E-state index < -0.39 is 8.24 Å². The van der Waals surface area contributed by atoms with Gasteiger partial charge in [-0.2, -0.15) is 0 Å². The Morgan fingerprint density at radius 3 is 2.41 bits per heavy atom. The molecule has 0 aliphatic carbocycles. The maximum absolute atomic E-state index is 13.0. The second kappa shape index (κ2) is 5.54. The van der Waals surface area contributed by atoms with Crippen LogP contribution >= 0.6 is 0 Å². The van der Waals surface area contributed by atoms with Crippen LogP contribution in [0.4, 0.5) is 5.69 Å². The number of nitrogens with zero attached hydrogens (tertiary/aromatic N) is 2. The summed E-state index contributed by atoms with van der Waals surface area (Å²) in [7, 11) is -0.552. The Bertz CT molecular complexity index is 630. The van der Waals surface area contributed by atoms with Crippen molar-refractivity contribution in [3.05, 3.63) is 29.3 Å². The molecular formula is C17H26N2O2Si. The lowest BCUT2D eigenvalue weighted by Crippen LogP contribution is -2.57. The zero-order chi connectivity index (χ0) is 16.7. The molecule has 0 bridgehead atoms. The van der Waals surface area contributed by atoms with Crippen molar-refractivity contribution in [3.63, 3.8) is 0 Å². The third kappa shape index (κ3) is 2.47. The Kier molecular flexibility index (Phi) is 4.21. The van der Waals surface area contributed by atoms with E-state index in [1.165, 1.54) is 12.7 Å². The van der Waals surface area contributed by atoms with Gasteiger partial charge < -0.3 is 9.40 Å². The number of fused-ring (bicyclic) bond motifs is 1. The van der Waals surface area contributed by atoms with Crippen LogP contribution in [0, 0.1) is 0 Å². The molecule has 0 radical (unpaired) electrons.